The highest BCUT2D eigenvalue weighted by Gasteiger charge is 1.85. The normalized spacial score (nSPS) is 10.1. The number of isothiocyanates is 1. The molecule has 14 heavy (non-hydrogen) atoms. The summed E-state index contributed by atoms with van der Waals surface area (Å²) in [4.78, 5) is 3.30. The quantitative estimate of drug-likeness (QED) is 0.414. The van der Waals surface area contributed by atoms with Crippen LogP contribution < -0.4 is 0 Å². The Hall–Kier alpha value is 0.700. The Kier molecular flexibility index (Phi) is 33.8. The summed E-state index contributed by atoms with van der Waals surface area (Å²) in [6.07, 6.45) is 1.66. The fourth-order valence-corrected chi connectivity index (χ4v) is 0.303. The van der Waals surface area contributed by atoms with Gasteiger partial charge in [0.25, 0.3) is 0 Å². The van der Waals surface area contributed by atoms with Crippen LogP contribution in [0.1, 0.15) is 6.92 Å². The Labute approximate surface area is 111 Å². The van der Waals surface area contributed by atoms with Gasteiger partial charge in [0.05, 0.1) is 5.16 Å². The lowest BCUT2D eigenvalue weighted by Gasteiger charge is -1.85. The number of aliphatic imine (C=N–C) groups is 1. The van der Waals surface area contributed by atoms with Crippen LogP contribution in [0.4, 0.5) is 0 Å². The number of alkyl halides is 3. The number of halogens is 4. The first-order chi connectivity index (χ1) is 6.60. The van der Waals surface area contributed by atoms with E-state index in [-0.39, 0.29) is 5.38 Å². The molecule has 0 aromatic heterocycles. The van der Waals surface area contributed by atoms with E-state index in [2.05, 4.69) is 22.4 Å². The molecule has 0 fully saturated rings. The van der Waals surface area contributed by atoms with Gasteiger partial charge in [-0.1, -0.05) is 17.7 Å². The van der Waals surface area contributed by atoms with E-state index in [0.29, 0.717) is 11.8 Å². The zero-order valence-electron chi connectivity index (χ0n) is 8.01. The Morgan fingerprint density at radius 3 is 1.86 bits per heavy atom. The van der Waals surface area contributed by atoms with Crippen LogP contribution >= 0.6 is 58.6 Å². The van der Waals surface area contributed by atoms with Crippen LogP contribution in [-0.2, 0) is 0 Å². The summed E-state index contributed by atoms with van der Waals surface area (Å²) in [6, 6.07) is 0. The predicted octanol–water partition coefficient (Wildman–Crippen LogP) is 4.55. The molecule has 0 radical (unpaired) electrons. The minimum atomic E-state index is 0.122. The molecule has 0 aromatic carbocycles. The first kappa shape index (κ1) is 20.2. The van der Waals surface area contributed by atoms with Gasteiger partial charge in [-0.25, -0.2) is 4.99 Å². The van der Waals surface area contributed by atoms with Gasteiger partial charge in [-0.3, -0.25) is 0 Å². The molecule has 1 nitrogen and oxygen atoms in total. The Balaban J connectivity index is -0.000000131. The highest BCUT2D eigenvalue weighted by atomic mass is 35.5. The first-order valence-corrected chi connectivity index (χ1v) is 5.92. The zero-order chi connectivity index (χ0) is 11.8. The highest BCUT2D eigenvalue weighted by molar-refractivity contribution is 7.78. The summed E-state index contributed by atoms with van der Waals surface area (Å²) < 4.78 is 0. The summed E-state index contributed by atoms with van der Waals surface area (Å²) in [6.45, 7) is 1.86. The number of hydrogen-bond acceptors (Lipinski definition) is 2. The molecule has 0 heterocycles. The van der Waals surface area contributed by atoms with Gasteiger partial charge < -0.3 is 0 Å². The molecule has 1 unspecified atom stereocenters. The lowest BCUT2D eigenvalue weighted by molar-refractivity contribution is 1.11. The lowest BCUT2D eigenvalue weighted by atomic mass is 10.6. The van der Waals surface area contributed by atoms with E-state index >= 15 is 0 Å². The van der Waals surface area contributed by atoms with Crippen LogP contribution in [0.15, 0.2) is 16.6 Å². The largest absolute Gasteiger partial charge is 0.236 e. The van der Waals surface area contributed by atoms with Crippen molar-refractivity contribution in [2.75, 3.05) is 18.8 Å². The average Bonchev–Trinajstić information content (AvgIpc) is 2.20. The second-order valence-electron chi connectivity index (χ2n) is 1.77. The molecule has 6 heteroatoms. The first-order valence-electron chi connectivity index (χ1n) is 3.57. The molecular formula is C8H13Cl4NS. The Morgan fingerprint density at radius 1 is 1.50 bits per heavy atom. The fraction of sp³-hybridized carbons (Fsp3) is 0.625. The van der Waals surface area contributed by atoms with E-state index in [9.17, 15) is 0 Å². The third-order valence-corrected chi connectivity index (χ3v) is 1.80. The molecular weight excluding hydrogens is 284 g/mol. The smallest absolute Gasteiger partial charge is 0.0582 e. The van der Waals surface area contributed by atoms with Crippen molar-refractivity contribution in [1.82, 2.24) is 0 Å². The van der Waals surface area contributed by atoms with E-state index in [1.54, 1.807) is 13.1 Å². The molecule has 1 atom stereocenters. The van der Waals surface area contributed by atoms with Crippen molar-refractivity contribution in [2.45, 2.75) is 12.3 Å². The fourth-order valence-electron chi connectivity index (χ4n) is 0.0337. The standard InChI is InChI=1S/C3H6Cl2.C3H4Cl2.C2H3NS/c1-3(5)2-4;4-2-1-3-5;1-3-2-4/h3H,2H2,1H3;1-2H,3H2;1H3. The number of allylic oxidation sites excluding steroid dienone is 1. The molecule has 0 aliphatic carbocycles. The van der Waals surface area contributed by atoms with Crippen molar-refractivity contribution in [2.24, 2.45) is 4.99 Å². The summed E-state index contributed by atoms with van der Waals surface area (Å²) in [5, 5.41) is 2.26. The van der Waals surface area contributed by atoms with Crippen LogP contribution in [0, 0.1) is 0 Å². The summed E-state index contributed by atoms with van der Waals surface area (Å²) in [5.74, 6) is 1.05. The molecule has 0 N–H and O–H groups in total. The maximum atomic E-state index is 5.33. The van der Waals surface area contributed by atoms with Gasteiger partial charge in [-0.2, -0.15) is 0 Å². The number of hydrogen-bond donors (Lipinski definition) is 0. The predicted molar refractivity (Wildman–Crippen MR) is 72.7 cm³/mol. The van der Waals surface area contributed by atoms with Crippen molar-refractivity contribution in [3.63, 3.8) is 0 Å². The van der Waals surface area contributed by atoms with Crippen molar-refractivity contribution < 1.29 is 0 Å². The molecule has 0 saturated carbocycles. The number of thiocarbonyl (C=S) groups is 1. The van der Waals surface area contributed by atoms with E-state index in [4.69, 9.17) is 46.4 Å². The number of rotatable bonds is 2. The van der Waals surface area contributed by atoms with E-state index in [1.807, 2.05) is 6.92 Å². The maximum absolute atomic E-state index is 5.33. The summed E-state index contributed by atoms with van der Waals surface area (Å²) in [5.41, 5.74) is 1.40. The van der Waals surface area contributed by atoms with E-state index in [1.165, 1.54) is 5.54 Å². The second-order valence-corrected chi connectivity index (χ2v) is 3.56. The number of nitrogens with zero attached hydrogens (tertiary/aromatic N) is 1. The van der Waals surface area contributed by atoms with Crippen molar-refractivity contribution in [3.05, 3.63) is 11.6 Å². The van der Waals surface area contributed by atoms with Gasteiger partial charge in [-0.15, -0.1) is 34.8 Å². The van der Waals surface area contributed by atoms with Gasteiger partial charge in [0.15, 0.2) is 0 Å². The molecule has 0 amide bonds. The zero-order valence-corrected chi connectivity index (χ0v) is 11.9. The van der Waals surface area contributed by atoms with Gasteiger partial charge in [0.2, 0.25) is 0 Å². The van der Waals surface area contributed by atoms with Crippen molar-refractivity contribution >= 4 is 63.8 Å². The topological polar surface area (TPSA) is 12.4 Å². The lowest BCUT2D eigenvalue weighted by Crippen LogP contribution is -1.87. The SMILES string of the molecule is CC(Cl)CCl.CN=C=S.ClC=CCCl. The van der Waals surface area contributed by atoms with Gasteiger partial charge >= 0.3 is 0 Å². The third-order valence-electron chi connectivity index (χ3n) is 0.482. The monoisotopic (exact) mass is 295 g/mol. The molecule has 0 bridgehead atoms. The summed E-state index contributed by atoms with van der Waals surface area (Å²) in [7, 11) is 1.59. The summed E-state index contributed by atoms with van der Waals surface area (Å²) >= 11 is 24.8. The second kappa shape index (κ2) is 23.5. The van der Waals surface area contributed by atoms with Crippen molar-refractivity contribution in [1.29, 1.82) is 0 Å². The third kappa shape index (κ3) is 53.5. The maximum Gasteiger partial charge on any atom is 0.0582 e. The molecule has 0 aliphatic heterocycles. The van der Waals surface area contributed by atoms with Crippen LogP contribution in [-0.4, -0.2) is 29.3 Å². The molecule has 0 rings (SSSR count). The minimum absolute atomic E-state index is 0.122. The molecule has 84 valence electrons. The van der Waals surface area contributed by atoms with Crippen LogP contribution in [0.2, 0.25) is 0 Å². The van der Waals surface area contributed by atoms with Gasteiger partial charge in [0, 0.05) is 29.7 Å². The van der Waals surface area contributed by atoms with E-state index < -0.39 is 0 Å². The molecule has 0 saturated heterocycles. The Bertz CT molecular complexity index is 155. The van der Waals surface area contributed by atoms with Gasteiger partial charge in [-0.05, 0) is 19.1 Å². The molecule has 0 spiro atoms. The van der Waals surface area contributed by atoms with Crippen LogP contribution in [0.5, 0.6) is 0 Å². The van der Waals surface area contributed by atoms with Crippen molar-refractivity contribution in [3.8, 4) is 0 Å². The molecule has 0 aliphatic rings. The Morgan fingerprint density at radius 2 is 1.86 bits per heavy atom. The molecule has 0 aromatic rings. The van der Waals surface area contributed by atoms with Crippen LogP contribution in [0.25, 0.3) is 0 Å². The van der Waals surface area contributed by atoms with Crippen LogP contribution in [0.3, 0.4) is 0 Å². The minimum Gasteiger partial charge on any atom is -0.236 e. The van der Waals surface area contributed by atoms with E-state index in [0.717, 1.165) is 0 Å². The van der Waals surface area contributed by atoms with Gasteiger partial charge in [0.1, 0.15) is 0 Å². The average molecular weight is 297 g/mol. The highest BCUT2D eigenvalue weighted by Crippen LogP contribution is 1.93.